The lowest BCUT2D eigenvalue weighted by Crippen LogP contribution is -2.58. The third-order valence-electron chi connectivity index (χ3n) is 10.1. The molecule has 4 aliphatic rings. The van der Waals surface area contributed by atoms with Crippen LogP contribution in [0.2, 0.25) is 0 Å². The Kier molecular flexibility index (Phi) is 4.98. The van der Waals surface area contributed by atoms with E-state index in [0.29, 0.717) is 35.0 Å². The Morgan fingerprint density at radius 1 is 1.00 bits per heavy atom. The van der Waals surface area contributed by atoms with E-state index >= 15 is 0 Å². The van der Waals surface area contributed by atoms with Gasteiger partial charge in [0.2, 0.25) is 0 Å². The van der Waals surface area contributed by atoms with Crippen molar-refractivity contribution >= 4 is 0 Å². The molecule has 4 fully saturated rings. The molecule has 0 aliphatic heterocycles. The van der Waals surface area contributed by atoms with E-state index in [1.165, 1.54) is 25.7 Å². The second kappa shape index (κ2) is 6.74. The van der Waals surface area contributed by atoms with Crippen molar-refractivity contribution in [2.45, 2.75) is 90.8 Å². The molecule has 3 nitrogen and oxygen atoms in total. The van der Waals surface area contributed by atoms with Crippen LogP contribution in [0.5, 0.6) is 0 Å². The number of fused-ring (bicyclic) bond motifs is 5. The topological polar surface area (TPSA) is 66.5 Å². The Balaban J connectivity index is 1.61. The number of rotatable bonds is 3. The second-order valence-electron chi connectivity index (χ2n) is 10.9. The maximum absolute atomic E-state index is 11.4. The van der Waals surface area contributed by atoms with Crippen LogP contribution in [0.3, 0.4) is 0 Å². The number of hydrogen-bond donors (Lipinski definition) is 3. The zero-order valence-corrected chi connectivity index (χ0v) is 17.2. The molecule has 0 saturated heterocycles. The highest BCUT2D eigenvalue weighted by Crippen LogP contribution is 2.68. The minimum atomic E-state index is -0.163. The summed E-state index contributed by atoms with van der Waals surface area (Å²) in [5.41, 5.74) is 6.30. The monoisotopic (exact) mass is 363 g/mol. The van der Waals surface area contributed by atoms with Gasteiger partial charge in [0, 0.05) is 0 Å². The lowest BCUT2D eigenvalue weighted by molar-refractivity contribution is -0.174. The summed E-state index contributed by atoms with van der Waals surface area (Å²) in [4.78, 5) is 0. The van der Waals surface area contributed by atoms with Gasteiger partial charge in [-0.25, -0.2) is 0 Å². The van der Waals surface area contributed by atoms with Gasteiger partial charge in [-0.3, -0.25) is 0 Å². The van der Waals surface area contributed by atoms with Crippen LogP contribution in [0.4, 0.5) is 0 Å². The number of hydrogen-bond acceptors (Lipinski definition) is 3. The fourth-order valence-corrected chi connectivity index (χ4v) is 8.62. The van der Waals surface area contributed by atoms with Crippen LogP contribution in [0.15, 0.2) is 0 Å². The van der Waals surface area contributed by atoms with Crippen molar-refractivity contribution in [3.05, 3.63) is 0 Å². The molecule has 0 spiro atoms. The molecule has 4 rings (SSSR count). The van der Waals surface area contributed by atoms with E-state index in [9.17, 15) is 10.2 Å². The van der Waals surface area contributed by atoms with Crippen molar-refractivity contribution < 1.29 is 10.2 Å². The van der Waals surface area contributed by atoms with Gasteiger partial charge in [-0.15, -0.1) is 0 Å². The minimum Gasteiger partial charge on any atom is -0.393 e. The molecule has 0 amide bonds. The van der Waals surface area contributed by atoms with Gasteiger partial charge in [-0.1, -0.05) is 20.8 Å². The van der Waals surface area contributed by atoms with Crippen LogP contribution >= 0.6 is 0 Å². The highest BCUT2D eigenvalue weighted by Gasteiger charge is 2.63. The molecule has 150 valence electrons. The fraction of sp³-hybridized carbons (Fsp3) is 1.00. The van der Waals surface area contributed by atoms with Crippen LogP contribution in [0.1, 0.15) is 78.6 Å². The maximum Gasteiger partial charge on any atom is 0.0602 e. The van der Waals surface area contributed by atoms with Gasteiger partial charge in [0.25, 0.3) is 0 Å². The van der Waals surface area contributed by atoms with Crippen molar-refractivity contribution in [1.29, 1.82) is 0 Å². The van der Waals surface area contributed by atoms with E-state index in [2.05, 4.69) is 20.8 Å². The normalized spacial score (nSPS) is 54.9. The molecule has 26 heavy (non-hydrogen) atoms. The number of aliphatic hydroxyl groups is 2. The van der Waals surface area contributed by atoms with Crippen molar-refractivity contribution in [2.24, 2.45) is 52.1 Å². The first-order valence-corrected chi connectivity index (χ1v) is 11.4. The molecular weight excluding hydrogens is 322 g/mol. The van der Waals surface area contributed by atoms with E-state index < -0.39 is 0 Å². The highest BCUT2D eigenvalue weighted by atomic mass is 16.3. The summed E-state index contributed by atoms with van der Waals surface area (Å²) in [7, 11) is 0. The maximum atomic E-state index is 11.4. The summed E-state index contributed by atoms with van der Waals surface area (Å²) in [6.07, 6.45) is 10.1. The smallest absolute Gasteiger partial charge is 0.0602 e. The van der Waals surface area contributed by atoms with E-state index in [1.54, 1.807) is 0 Å². The predicted molar refractivity (Wildman–Crippen MR) is 105 cm³/mol. The summed E-state index contributed by atoms with van der Waals surface area (Å²) in [5.74, 6) is 4.05. The molecule has 4 saturated carbocycles. The van der Waals surface area contributed by atoms with Gasteiger partial charge in [-0.05, 0) is 111 Å². The zero-order chi connectivity index (χ0) is 18.7. The highest BCUT2D eigenvalue weighted by molar-refractivity contribution is 5.12. The molecule has 10 atom stereocenters. The van der Waals surface area contributed by atoms with Gasteiger partial charge < -0.3 is 15.9 Å². The van der Waals surface area contributed by atoms with Crippen LogP contribution in [0.25, 0.3) is 0 Å². The zero-order valence-electron chi connectivity index (χ0n) is 17.2. The molecule has 3 heteroatoms. The molecule has 3 unspecified atom stereocenters. The van der Waals surface area contributed by atoms with Crippen LogP contribution in [-0.2, 0) is 0 Å². The molecular formula is C23H41NO2. The minimum absolute atomic E-state index is 0.0867. The van der Waals surface area contributed by atoms with Gasteiger partial charge in [0.05, 0.1) is 12.2 Å². The van der Waals surface area contributed by atoms with Crippen LogP contribution in [-0.4, -0.2) is 29.0 Å². The van der Waals surface area contributed by atoms with E-state index in [-0.39, 0.29) is 17.6 Å². The molecule has 0 aromatic carbocycles. The van der Waals surface area contributed by atoms with E-state index in [1.807, 2.05) is 0 Å². The summed E-state index contributed by atoms with van der Waals surface area (Å²) >= 11 is 0. The molecule has 0 radical (unpaired) electrons. The molecule has 4 N–H and O–H groups in total. The van der Waals surface area contributed by atoms with Crippen molar-refractivity contribution in [2.75, 3.05) is 6.54 Å². The van der Waals surface area contributed by atoms with Gasteiger partial charge in [0.15, 0.2) is 0 Å². The van der Waals surface area contributed by atoms with Crippen molar-refractivity contribution in [3.8, 4) is 0 Å². The summed E-state index contributed by atoms with van der Waals surface area (Å²) < 4.78 is 0. The van der Waals surface area contributed by atoms with Crippen LogP contribution in [0, 0.1) is 46.3 Å². The third-order valence-corrected chi connectivity index (χ3v) is 10.1. The Bertz CT molecular complexity index is 524. The average Bonchev–Trinajstić information content (AvgIpc) is 2.96. The Labute approximate surface area is 160 Å². The standard InChI is InChI=1S/C23H41NO2/c1-14(9-11-24)18-6-7-19-17-5-4-15-12-16(25)8-10-22(15,2)20(17)13-21(26)23(18,19)3/h14-21,25-26H,4-13,24H2,1-3H3/t14-,15-,16-,17?,18-,19?,20?,21+,22+,23-/m1/s1. The largest absolute Gasteiger partial charge is 0.393 e. The fourth-order valence-electron chi connectivity index (χ4n) is 8.62. The van der Waals surface area contributed by atoms with Crippen molar-refractivity contribution in [1.82, 2.24) is 0 Å². The quantitative estimate of drug-likeness (QED) is 0.711. The molecule has 4 aliphatic carbocycles. The molecule has 0 bridgehead atoms. The van der Waals surface area contributed by atoms with Gasteiger partial charge in [-0.2, -0.15) is 0 Å². The molecule has 0 aromatic rings. The van der Waals surface area contributed by atoms with Crippen molar-refractivity contribution in [3.63, 3.8) is 0 Å². The predicted octanol–water partition coefficient (Wildman–Crippen LogP) is 3.96. The molecule has 0 aromatic heterocycles. The van der Waals surface area contributed by atoms with Gasteiger partial charge >= 0.3 is 0 Å². The first-order valence-electron chi connectivity index (χ1n) is 11.4. The SMILES string of the molecule is C[C@H](CCN)[C@H]1CCC2C3CC[C@@H]4C[C@H](O)CC[C@]4(C)C3C[C@H](O)[C@@]21C. The Morgan fingerprint density at radius 2 is 1.77 bits per heavy atom. The Morgan fingerprint density at radius 3 is 2.50 bits per heavy atom. The number of nitrogens with two attached hydrogens (primary N) is 1. The first kappa shape index (κ1) is 19.2. The van der Waals surface area contributed by atoms with Gasteiger partial charge in [0.1, 0.15) is 0 Å². The lowest BCUT2D eigenvalue weighted by Gasteiger charge is -2.62. The summed E-state index contributed by atoms with van der Waals surface area (Å²) in [5, 5.41) is 21.6. The average molecular weight is 364 g/mol. The second-order valence-corrected chi connectivity index (χ2v) is 10.9. The third kappa shape index (κ3) is 2.63. The van der Waals surface area contributed by atoms with E-state index in [4.69, 9.17) is 5.73 Å². The Hall–Kier alpha value is -0.120. The molecule has 0 heterocycles. The number of aliphatic hydroxyl groups excluding tert-OH is 2. The van der Waals surface area contributed by atoms with E-state index in [0.717, 1.165) is 44.6 Å². The van der Waals surface area contributed by atoms with Crippen LogP contribution < -0.4 is 5.73 Å². The lowest BCUT2D eigenvalue weighted by atomic mass is 9.43. The summed E-state index contributed by atoms with van der Waals surface area (Å²) in [6, 6.07) is 0. The summed E-state index contributed by atoms with van der Waals surface area (Å²) in [6.45, 7) is 8.05. The first-order chi connectivity index (χ1) is 12.3.